The van der Waals surface area contributed by atoms with Crippen LogP contribution in [0.15, 0.2) is 18.2 Å². The third-order valence-electron chi connectivity index (χ3n) is 2.15. The van der Waals surface area contributed by atoms with Crippen LogP contribution in [0.2, 0.25) is 5.02 Å². The Bertz CT molecular complexity index is 535. The third-order valence-corrected chi connectivity index (χ3v) is 2.46. The number of urea groups is 1. The SMILES string of the molecule is Cc1ccc(Cl)c(OCC(=O)NC(=O)NCC(F)(F)F)c1. The van der Waals surface area contributed by atoms with E-state index in [0.717, 1.165) is 5.56 Å². The highest BCUT2D eigenvalue weighted by Gasteiger charge is 2.27. The van der Waals surface area contributed by atoms with E-state index in [4.69, 9.17) is 16.3 Å². The molecule has 9 heteroatoms. The molecule has 0 bridgehead atoms. The first kappa shape index (κ1) is 17.1. The first-order valence-corrected chi connectivity index (χ1v) is 6.08. The Hall–Kier alpha value is -1.96. The van der Waals surface area contributed by atoms with Crippen LogP contribution in [-0.4, -0.2) is 31.3 Å². The second-order valence-electron chi connectivity index (χ2n) is 4.07. The van der Waals surface area contributed by atoms with Crippen molar-refractivity contribution in [3.8, 4) is 5.75 Å². The van der Waals surface area contributed by atoms with Crippen LogP contribution in [-0.2, 0) is 4.79 Å². The van der Waals surface area contributed by atoms with Crippen molar-refractivity contribution in [3.05, 3.63) is 28.8 Å². The highest BCUT2D eigenvalue weighted by molar-refractivity contribution is 6.32. The molecule has 0 aromatic heterocycles. The molecule has 5 nitrogen and oxygen atoms in total. The number of rotatable bonds is 4. The number of hydrogen-bond donors (Lipinski definition) is 2. The zero-order chi connectivity index (χ0) is 16.0. The molecule has 0 heterocycles. The van der Waals surface area contributed by atoms with Gasteiger partial charge in [-0.1, -0.05) is 17.7 Å². The molecule has 21 heavy (non-hydrogen) atoms. The minimum atomic E-state index is -4.55. The van der Waals surface area contributed by atoms with Gasteiger partial charge < -0.3 is 10.1 Å². The number of carbonyl (C=O) groups excluding carboxylic acids is 2. The summed E-state index contributed by atoms with van der Waals surface area (Å²) in [5.74, 6) is -0.658. The number of imide groups is 1. The maximum Gasteiger partial charge on any atom is 0.405 e. The number of aryl methyl sites for hydroxylation is 1. The van der Waals surface area contributed by atoms with Gasteiger partial charge in [0.05, 0.1) is 5.02 Å². The molecule has 0 atom stereocenters. The molecule has 1 rings (SSSR count). The van der Waals surface area contributed by atoms with Crippen molar-refractivity contribution in [1.82, 2.24) is 10.6 Å². The van der Waals surface area contributed by atoms with E-state index in [1.54, 1.807) is 30.4 Å². The van der Waals surface area contributed by atoms with Crippen molar-refractivity contribution < 1.29 is 27.5 Å². The Morgan fingerprint density at radius 3 is 2.62 bits per heavy atom. The molecule has 3 amide bonds. The maximum absolute atomic E-state index is 11.8. The average Bonchev–Trinajstić information content (AvgIpc) is 2.37. The highest BCUT2D eigenvalue weighted by atomic mass is 35.5. The van der Waals surface area contributed by atoms with Crippen LogP contribution in [0.1, 0.15) is 5.56 Å². The summed E-state index contributed by atoms with van der Waals surface area (Å²) in [6, 6.07) is 3.63. The summed E-state index contributed by atoms with van der Waals surface area (Å²) in [6.45, 7) is -0.298. The summed E-state index contributed by atoms with van der Waals surface area (Å²) in [4.78, 5) is 22.3. The highest BCUT2D eigenvalue weighted by Crippen LogP contribution is 2.24. The van der Waals surface area contributed by atoms with Crippen molar-refractivity contribution >= 4 is 23.5 Å². The van der Waals surface area contributed by atoms with E-state index in [1.165, 1.54) is 5.32 Å². The monoisotopic (exact) mass is 324 g/mol. The summed E-state index contributed by atoms with van der Waals surface area (Å²) in [6.07, 6.45) is -4.55. The first-order valence-electron chi connectivity index (χ1n) is 5.71. The number of amides is 3. The largest absolute Gasteiger partial charge is 0.482 e. The number of hydrogen-bond acceptors (Lipinski definition) is 3. The lowest BCUT2D eigenvalue weighted by Crippen LogP contribution is -2.44. The smallest absolute Gasteiger partial charge is 0.405 e. The fourth-order valence-electron chi connectivity index (χ4n) is 1.25. The zero-order valence-corrected chi connectivity index (χ0v) is 11.6. The molecule has 1 aromatic carbocycles. The van der Waals surface area contributed by atoms with Gasteiger partial charge in [-0.2, -0.15) is 13.2 Å². The van der Waals surface area contributed by atoms with Crippen molar-refractivity contribution in [2.24, 2.45) is 0 Å². The van der Waals surface area contributed by atoms with Crippen molar-refractivity contribution in [2.45, 2.75) is 13.1 Å². The first-order chi connectivity index (χ1) is 9.67. The molecule has 0 spiro atoms. The number of carbonyl (C=O) groups is 2. The van der Waals surface area contributed by atoms with Gasteiger partial charge in [0.2, 0.25) is 0 Å². The molecule has 116 valence electrons. The number of alkyl halides is 3. The Balaban J connectivity index is 2.40. The minimum Gasteiger partial charge on any atom is -0.482 e. The summed E-state index contributed by atoms with van der Waals surface area (Å²) in [7, 11) is 0. The van der Waals surface area contributed by atoms with Crippen LogP contribution in [0, 0.1) is 6.92 Å². The fourth-order valence-corrected chi connectivity index (χ4v) is 1.42. The van der Waals surface area contributed by atoms with Crippen LogP contribution in [0.4, 0.5) is 18.0 Å². The lowest BCUT2D eigenvalue weighted by Gasteiger charge is -2.10. The molecular formula is C12H12ClF3N2O3. The van der Waals surface area contributed by atoms with Crippen molar-refractivity contribution in [1.29, 1.82) is 0 Å². The molecule has 2 N–H and O–H groups in total. The molecule has 1 aromatic rings. The number of benzene rings is 1. The van der Waals surface area contributed by atoms with Gasteiger partial charge in [-0.15, -0.1) is 0 Å². The van der Waals surface area contributed by atoms with Gasteiger partial charge in [0, 0.05) is 0 Å². The van der Waals surface area contributed by atoms with E-state index in [1.807, 2.05) is 0 Å². The van der Waals surface area contributed by atoms with Gasteiger partial charge in [0.1, 0.15) is 12.3 Å². The lowest BCUT2D eigenvalue weighted by atomic mass is 10.2. The predicted octanol–water partition coefficient (Wildman–Crippen LogP) is 2.42. The molecule has 0 saturated carbocycles. The topological polar surface area (TPSA) is 67.4 Å². The van der Waals surface area contributed by atoms with Gasteiger partial charge in [0.25, 0.3) is 5.91 Å². The number of halogens is 4. The Labute approximate surface area is 123 Å². The maximum atomic E-state index is 11.8. The normalized spacial score (nSPS) is 10.9. The van der Waals surface area contributed by atoms with E-state index in [0.29, 0.717) is 0 Å². The predicted molar refractivity (Wildman–Crippen MR) is 69.3 cm³/mol. The second-order valence-corrected chi connectivity index (χ2v) is 4.48. The van der Waals surface area contributed by atoms with Crippen LogP contribution in [0.25, 0.3) is 0 Å². The van der Waals surface area contributed by atoms with E-state index in [-0.39, 0.29) is 10.8 Å². The van der Waals surface area contributed by atoms with Crippen molar-refractivity contribution in [3.63, 3.8) is 0 Å². The second kappa shape index (κ2) is 7.16. The summed E-state index contributed by atoms with van der Waals surface area (Å²) in [5, 5.41) is 3.47. The van der Waals surface area contributed by atoms with Crippen LogP contribution in [0.5, 0.6) is 5.75 Å². The minimum absolute atomic E-state index is 0.238. The lowest BCUT2D eigenvalue weighted by molar-refractivity contribution is -0.125. The molecule has 0 saturated heterocycles. The van der Waals surface area contributed by atoms with Gasteiger partial charge in [-0.3, -0.25) is 10.1 Å². The molecule has 0 aliphatic carbocycles. The Morgan fingerprint density at radius 1 is 1.33 bits per heavy atom. The molecule has 0 aliphatic rings. The number of nitrogens with one attached hydrogen (secondary N) is 2. The Kier molecular flexibility index (Phi) is 5.83. The van der Waals surface area contributed by atoms with Gasteiger partial charge in [0.15, 0.2) is 6.61 Å². The molecule has 0 aliphatic heterocycles. The fraction of sp³-hybridized carbons (Fsp3) is 0.333. The summed E-state index contributed by atoms with van der Waals surface area (Å²) >= 11 is 5.82. The molecule has 0 unspecified atom stereocenters. The summed E-state index contributed by atoms with van der Waals surface area (Å²) < 4.78 is 40.6. The summed E-state index contributed by atoms with van der Waals surface area (Å²) in [5.41, 5.74) is 0.845. The van der Waals surface area contributed by atoms with Gasteiger partial charge in [-0.25, -0.2) is 4.79 Å². The third kappa shape index (κ3) is 6.84. The molecule has 0 fully saturated rings. The zero-order valence-electron chi connectivity index (χ0n) is 10.9. The Morgan fingerprint density at radius 2 is 2.00 bits per heavy atom. The quantitative estimate of drug-likeness (QED) is 0.893. The van der Waals surface area contributed by atoms with E-state index < -0.39 is 31.3 Å². The van der Waals surface area contributed by atoms with E-state index in [2.05, 4.69) is 0 Å². The standard InChI is InChI=1S/C12H12ClF3N2O3/c1-7-2-3-8(13)9(4-7)21-5-10(19)18-11(20)17-6-12(14,15)16/h2-4H,5-6H2,1H3,(H2,17,18,19,20). The van der Waals surface area contributed by atoms with Crippen molar-refractivity contribution in [2.75, 3.05) is 13.2 Å². The molecular weight excluding hydrogens is 313 g/mol. The number of ether oxygens (including phenoxy) is 1. The van der Waals surface area contributed by atoms with E-state index in [9.17, 15) is 22.8 Å². The molecule has 0 radical (unpaired) electrons. The van der Waals surface area contributed by atoms with Crippen LogP contribution >= 0.6 is 11.6 Å². The van der Waals surface area contributed by atoms with Crippen LogP contribution < -0.4 is 15.4 Å². The van der Waals surface area contributed by atoms with Crippen LogP contribution in [0.3, 0.4) is 0 Å². The average molecular weight is 325 g/mol. The van der Waals surface area contributed by atoms with E-state index >= 15 is 0 Å². The van der Waals surface area contributed by atoms with Gasteiger partial charge in [-0.05, 0) is 24.6 Å². The van der Waals surface area contributed by atoms with Gasteiger partial charge >= 0.3 is 12.2 Å².